The standard InChI is InChI=1S/C11H18ClF2N/c12-9-2-1-3-10(9)15-7-8-4-5-11(13,14)6-8/h8-10,15H,1-7H2. The average Bonchev–Trinajstić information content (AvgIpc) is 2.69. The molecule has 4 heteroatoms. The van der Waals surface area contributed by atoms with E-state index in [-0.39, 0.29) is 24.1 Å². The van der Waals surface area contributed by atoms with Crippen molar-refractivity contribution in [2.45, 2.75) is 55.9 Å². The molecule has 1 nitrogen and oxygen atoms in total. The lowest BCUT2D eigenvalue weighted by molar-refractivity contribution is 0.00499. The first-order valence-electron chi connectivity index (χ1n) is 5.82. The topological polar surface area (TPSA) is 12.0 Å². The molecule has 2 aliphatic rings. The second-order valence-electron chi connectivity index (χ2n) is 4.93. The molecule has 0 heterocycles. The largest absolute Gasteiger partial charge is 0.312 e. The smallest absolute Gasteiger partial charge is 0.248 e. The summed E-state index contributed by atoms with van der Waals surface area (Å²) in [6.45, 7) is 0.712. The Bertz CT molecular complexity index is 223. The van der Waals surface area contributed by atoms with Crippen LogP contribution in [-0.2, 0) is 0 Å². The summed E-state index contributed by atoms with van der Waals surface area (Å²) < 4.78 is 25.8. The molecule has 15 heavy (non-hydrogen) atoms. The molecule has 2 saturated carbocycles. The van der Waals surface area contributed by atoms with Crippen molar-refractivity contribution in [1.29, 1.82) is 0 Å². The van der Waals surface area contributed by atoms with Gasteiger partial charge in [0.1, 0.15) is 0 Å². The molecular weight excluding hydrogens is 220 g/mol. The molecule has 3 unspecified atom stereocenters. The second-order valence-corrected chi connectivity index (χ2v) is 5.49. The van der Waals surface area contributed by atoms with E-state index in [0.29, 0.717) is 19.0 Å². The highest BCUT2D eigenvalue weighted by molar-refractivity contribution is 6.21. The number of hydrogen-bond donors (Lipinski definition) is 1. The summed E-state index contributed by atoms with van der Waals surface area (Å²) in [7, 11) is 0. The Labute approximate surface area is 94.6 Å². The molecule has 0 spiro atoms. The predicted molar refractivity (Wildman–Crippen MR) is 57.6 cm³/mol. The summed E-state index contributed by atoms with van der Waals surface area (Å²) in [4.78, 5) is 0. The molecule has 0 amide bonds. The van der Waals surface area contributed by atoms with E-state index < -0.39 is 5.92 Å². The first-order chi connectivity index (χ1) is 7.07. The molecule has 0 aromatic rings. The molecule has 2 rings (SSSR count). The highest BCUT2D eigenvalue weighted by Crippen LogP contribution is 2.38. The van der Waals surface area contributed by atoms with Crippen LogP contribution < -0.4 is 5.32 Å². The van der Waals surface area contributed by atoms with Crippen molar-refractivity contribution in [3.63, 3.8) is 0 Å². The Balaban J connectivity index is 1.70. The van der Waals surface area contributed by atoms with Crippen LogP contribution in [0.5, 0.6) is 0 Å². The fourth-order valence-electron chi connectivity index (χ4n) is 2.68. The second kappa shape index (κ2) is 4.54. The van der Waals surface area contributed by atoms with Crippen LogP contribution in [0.2, 0.25) is 0 Å². The number of nitrogens with one attached hydrogen (secondary N) is 1. The minimum Gasteiger partial charge on any atom is -0.312 e. The van der Waals surface area contributed by atoms with Crippen LogP contribution >= 0.6 is 11.6 Å². The quantitative estimate of drug-likeness (QED) is 0.744. The van der Waals surface area contributed by atoms with Gasteiger partial charge in [0.15, 0.2) is 0 Å². The van der Waals surface area contributed by atoms with Crippen LogP contribution in [0.1, 0.15) is 38.5 Å². The minimum absolute atomic E-state index is 0.0552. The molecule has 0 aromatic heterocycles. The van der Waals surface area contributed by atoms with E-state index in [1.165, 1.54) is 0 Å². The predicted octanol–water partition coefficient (Wildman–Crippen LogP) is 3.17. The van der Waals surface area contributed by atoms with Gasteiger partial charge in [0.25, 0.3) is 0 Å². The van der Waals surface area contributed by atoms with Crippen LogP contribution in [0.4, 0.5) is 8.78 Å². The molecule has 0 aliphatic heterocycles. The normalized spacial score (nSPS) is 39.8. The summed E-state index contributed by atoms with van der Waals surface area (Å²) in [5.41, 5.74) is 0. The SMILES string of the molecule is FC1(F)CCC(CNC2CCCC2Cl)C1. The molecule has 88 valence electrons. The molecule has 2 fully saturated rings. The molecule has 0 aromatic carbocycles. The first-order valence-corrected chi connectivity index (χ1v) is 6.26. The van der Waals surface area contributed by atoms with Gasteiger partial charge in [-0.15, -0.1) is 11.6 Å². The number of halogens is 3. The van der Waals surface area contributed by atoms with Crippen LogP contribution in [0, 0.1) is 5.92 Å². The zero-order valence-electron chi connectivity index (χ0n) is 8.82. The van der Waals surface area contributed by atoms with Crippen molar-refractivity contribution in [2.75, 3.05) is 6.54 Å². The Morgan fingerprint density at radius 1 is 1.27 bits per heavy atom. The highest BCUT2D eigenvalue weighted by atomic mass is 35.5. The number of rotatable bonds is 3. The van der Waals surface area contributed by atoms with Crippen LogP contribution in [-0.4, -0.2) is 23.9 Å². The first kappa shape index (κ1) is 11.6. The summed E-state index contributed by atoms with van der Waals surface area (Å²) in [5.74, 6) is -2.27. The van der Waals surface area contributed by atoms with Crippen molar-refractivity contribution in [1.82, 2.24) is 5.32 Å². The van der Waals surface area contributed by atoms with E-state index in [1.54, 1.807) is 0 Å². The zero-order valence-corrected chi connectivity index (χ0v) is 9.57. The van der Waals surface area contributed by atoms with Crippen LogP contribution in [0.3, 0.4) is 0 Å². The maximum atomic E-state index is 12.9. The zero-order chi connectivity index (χ0) is 10.9. The minimum atomic E-state index is -2.41. The van der Waals surface area contributed by atoms with E-state index in [9.17, 15) is 8.78 Å². The summed E-state index contributed by atoms with van der Waals surface area (Å²) in [5, 5.41) is 3.55. The van der Waals surface area contributed by atoms with Gasteiger partial charge in [0.2, 0.25) is 5.92 Å². The van der Waals surface area contributed by atoms with Gasteiger partial charge in [-0.05, 0) is 31.7 Å². The van der Waals surface area contributed by atoms with Gasteiger partial charge in [-0.25, -0.2) is 8.78 Å². The lowest BCUT2D eigenvalue weighted by Gasteiger charge is -2.18. The fraction of sp³-hybridized carbons (Fsp3) is 1.00. The Kier molecular flexibility index (Phi) is 3.51. The molecule has 1 N–H and O–H groups in total. The third-order valence-electron chi connectivity index (χ3n) is 3.61. The highest BCUT2D eigenvalue weighted by Gasteiger charge is 2.39. The van der Waals surface area contributed by atoms with E-state index in [1.807, 2.05) is 0 Å². The van der Waals surface area contributed by atoms with Gasteiger partial charge in [0.05, 0.1) is 0 Å². The molecule has 0 radical (unpaired) electrons. The van der Waals surface area contributed by atoms with E-state index in [2.05, 4.69) is 5.32 Å². The maximum Gasteiger partial charge on any atom is 0.248 e. The maximum absolute atomic E-state index is 12.9. The van der Waals surface area contributed by atoms with Crippen molar-refractivity contribution < 1.29 is 8.78 Å². The molecule has 3 atom stereocenters. The van der Waals surface area contributed by atoms with E-state index in [4.69, 9.17) is 11.6 Å². The van der Waals surface area contributed by atoms with Gasteiger partial charge in [-0.2, -0.15) is 0 Å². The lowest BCUT2D eigenvalue weighted by Crippen LogP contribution is -2.36. The Morgan fingerprint density at radius 3 is 2.60 bits per heavy atom. The molecule has 0 bridgehead atoms. The van der Waals surface area contributed by atoms with Gasteiger partial charge in [-0.1, -0.05) is 6.42 Å². The van der Waals surface area contributed by atoms with E-state index in [0.717, 1.165) is 19.3 Å². The van der Waals surface area contributed by atoms with Crippen LogP contribution in [0.25, 0.3) is 0 Å². The summed E-state index contributed by atoms with van der Waals surface area (Å²) >= 11 is 6.11. The van der Waals surface area contributed by atoms with Crippen molar-refractivity contribution in [3.05, 3.63) is 0 Å². The van der Waals surface area contributed by atoms with Gasteiger partial charge < -0.3 is 5.32 Å². The van der Waals surface area contributed by atoms with Gasteiger partial charge in [-0.3, -0.25) is 0 Å². The fourth-order valence-corrected chi connectivity index (χ4v) is 3.05. The third kappa shape index (κ3) is 3.04. The Morgan fingerprint density at radius 2 is 2.07 bits per heavy atom. The summed E-state index contributed by atoms with van der Waals surface area (Å²) in [6, 6.07) is 0.348. The van der Waals surface area contributed by atoms with E-state index >= 15 is 0 Å². The number of hydrogen-bond acceptors (Lipinski definition) is 1. The monoisotopic (exact) mass is 237 g/mol. The third-order valence-corrected chi connectivity index (χ3v) is 4.13. The molecular formula is C11H18ClF2N. The van der Waals surface area contributed by atoms with Gasteiger partial charge >= 0.3 is 0 Å². The van der Waals surface area contributed by atoms with Crippen molar-refractivity contribution in [3.8, 4) is 0 Å². The van der Waals surface area contributed by atoms with Crippen LogP contribution in [0.15, 0.2) is 0 Å². The molecule has 2 aliphatic carbocycles. The molecule has 0 saturated heterocycles. The van der Waals surface area contributed by atoms with Crippen molar-refractivity contribution >= 4 is 11.6 Å². The Hall–Kier alpha value is 0.110. The summed E-state index contributed by atoms with van der Waals surface area (Å²) in [6.07, 6.45) is 4.08. The average molecular weight is 238 g/mol. The number of alkyl halides is 3. The van der Waals surface area contributed by atoms with Crippen molar-refractivity contribution in [2.24, 2.45) is 5.92 Å². The van der Waals surface area contributed by atoms with Gasteiger partial charge in [0, 0.05) is 24.3 Å². The lowest BCUT2D eigenvalue weighted by atomic mass is 10.1.